The molecule has 2 aliphatic heterocycles. The number of likely N-dealkylation sites (tertiary alicyclic amines) is 1. The fourth-order valence-electron chi connectivity index (χ4n) is 3.70. The molecule has 1 spiro atoms. The number of carbonyl (C=O) groups is 2. The van der Waals surface area contributed by atoms with Gasteiger partial charge in [0.15, 0.2) is 0 Å². The van der Waals surface area contributed by atoms with Crippen LogP contribution in [0.2, 0.25) is 0 Å². The van der Waals surface area contributed by atoms with Crippen LogP contribution in [0.5, 0.6) is 5.75 Å². The van der Waals surface area contributed by atoms with Crippen LogP contribution in [-0.4, -0.2) is 36.4 Å². The summed E-state index contributed by atoms with van der Waals surface area (Å²) in [5.74, 6) is -1.65. The molecule has 0 radical (unpaired) electrons. The molecule has 0 aliphatic carbocycles. The molecule has 0 saturated carbocycles. The summed E-state index contributed by atoms with van der Waals surface area (Å²) >= 11 is 0. The van der Waals surface area contributed by atoms with Gasteiger partial charge in [-0.2, -0.15) is 0 Å². The SMILES string of the molecule is CCCC(c1ccc(OC)cc1)N1CCCCC12OC(=O)C=CC(=O)O2. The summed E-state index contributed by atoms with van der Waals surface area (Å²) in [6.45, 7) is 2.80. The van der Waals surface area contributed by atoms with E-state index < -0.39 is 17.8 Å². The van der Waals surface area contributed by atoms with E-state index in [2.05, 4.69) is 6.92 Å². The van der Waals surface area contributed by atoms with Crippen LogP contribution in [0.3, 0.4) is 0 Å². The van der Waals surface area contributed by atoms with Crippen molar-refractivity contribution < 1.29 is 23.8 Å². The van der Waals surface area contributed by atoms with E-state index in [9.17, 15) is 9.59 Å². The van der Waals surface area contributed by atoms with Crippen molar-refractivity contribution in [3.8, 4) is 5.75 Å². The third-order valence-electron chi connectivity index (χ3n) is 4.89. The molecular formula is C20H25NO5. The van der Waals surface area contributed by atoms with Crippen LogP contribution in [0, 0.1) is 0 Å². The Labute approximate surface area is 153 Å². The Balaban J connectivity index is 1.96. The number of ether oxygens (including phenoxy) is 3. The average molecular weight is 359 g/mol. The van der Waals surface area contributed by atoms with Crippen LogP contribution < -0.4 is 4.74 Å². The number of rotatable bonds is 5. The van der Waals surface area contributed by atoms with Crippen molar-refractivity contribution in [3.63, 3.8) is 0 Å². The van der Waals surface area contributed by atoms with Crippen LogP contribution in [0.15, 0.2) is 36.4 Å². The first-order valence-corrected chi connectivity index (χ1v) is 9.12. The number of piperidine rings is 1. The highest BCUT2D eigenvalue weighted by Gasteiger charge is 2.49. The predicted molar refractivity (Wildman–Crippen MR) is 95.3 cm³/mol. The maximum Gasteiger partial charge on any atom is 0.335 e. The molecule has 2 aliphatic rings. The van der Waals surface area contributed by atoms with E-state index in [4.69, 9.17) is 14.2 Å². The Bertz CT molecular complexity index is 662. The van der Waals surface area contributed by atoms with Crippen molar-refractivity contribution in [1.82, 2.24) is 4.90 Å². The van der Waals surface area contributed by atoms with Crippen molar-refractivity contribution in [2.75, 3.05) is 13.7 Å². The summed E-state index contributed by atoms with van der Waals surface area (Å²) in [6.07, 6.45) is 6.33. The summed E-state index contributed by atoms with van der Waals surface area (Å²) in [5, 5.41) is 0. The smallest absolute Gasteiger partial charge is 0.335 e. The van der Waals surface area contributed by atoms with Crippen LogP contribution in [-0.2, 0) is 19.1 Å². The standard InChI is InChI=1S/C20H25NO5/c1-3-6-17(15-7-9-16(24-2)10-8-15)21-14-5-4-13-20(21)25-18(22)11-12-19(23)26-20/h7-12,17H,3-6,13-14H2,1-2H3. The number of benzene rings is 1. The second-order valence-electron chi connectivity index (χ2n) is 6.62. The maximum absolute atomic E-state index is 12.1. The minimum atomic E-state index is -1.34. The highest BCUT2D eigenvalue weighted by Crippen LogP contribution is 2.41. The Morgan fingerprint density at radius 2 is 1.77 bits per heavy atom. The van der Waals surface area contributed by atoms with Gasteiger partial charge in [0.2, 0.25) is 0 Å². The van der Waals surface area contributed by atoms with E-state index in [1.807, 2.05) is 29.2 Å². The summed E-state index contributed by atoms with van der Waals surface area (Å²) in [7, 11) is 1.63. The zero-order valence-electron chi connectivity index (χ0n) is 15.3. The van der Waals surface area contributed by atoms with Crippen molar-refractivity contribution in [3.05, 3.63) is 42.0 Å². The van der Waals surface area contributed by atoms with Gasteiger partial charge in [0.25, 0.3) is 0 Å². The molecule has 0 bridgehead atoms. The van der Waals surface area contributed by atoms with E-state index in [0.717, 1.165) is 49.1 Å². The first-order valence-electron chi connectivity index (χ1n) is 9.12. The fourth-order valence-corrected chi connectivity index (χ4v) is 3.70. The lowest BCUT2D eigenvalue weighted by Crippen LogP contribution is -2.57. The van der Waals surface area contributed by atoms with E-state index in [0.29, 0.717) is 13.0 Å². The van der Waals surface area contributed by atoms with Crippen LogP contribution >= 0.6 is 0 Å². The molecule has 1 fully saturated rings. The molecule has 2 heterocycles. The van der Waals surface area contributed by atoms with Crippen LogP contribution in [0.25, 0.3) is 0 Å². The molecule has 6 heteroatoms. The first kappa shape index (κ1) is 18.5. The molecule has 0 amide bonds. The number of hydrogen-bond acceptors (Lipinski definition) is 6. The number of hydrogen-bond donors (Lipinski definition) is 0. The van der Waals surface area contributed by atoms with E-state index in [-0.39, 0.29) is 6.04 Å². The van der Waals surface area contributed by atoms with Gasteiger partial charge in [-0.25, -0.2) is 14.5 Å². The normalized spacial score (nSPS) is 21.0. The molecule has 1 unspecified atom stereocenters. The van der Waals surface area contributed by atoms with Gasteiger partial charge in [-0.05, 0) is 37.0 Å². The fraction of sp³-hybridized carbons (Fsp3) is 0.500. The van der Waals surface area contributed by atoms with E-state index in [1.54, 1.807) is 7.11 Å². The zero-order valence-corrected chi connectivity index (χ0v) is 15.3. The van der Waals surface area contributed by atoms with Gasteiger partial charge < -0.3 is 14.2 Å². The highest BCUT2D eigenvalue weighted by atomic mass is 16.8. The van der Waals surface area contributed by atoms with Gasteiger partial charge in [-0.1, -0.05) is 25.5 Å². The first-order chi connectivity index (χ1) is 12.6. The molecule has 6 nitrogen and oxygen atoms in total. The molecule has 3 rings (SSSR count). The minimum absolute atomic E-state index is 0.0232. The topological polar surface area (TPSA) is 65.1 Å². The summed E-state index contributed by atoms with van der Waals surface area (Å²) in [5.41, 5.74) is 1.08. The largest absolute Gasteiger partial charge is 0.497 e. The Morgan fingerprint density at radius 3 is 2.35 bits per heavy atom. The molecule has 1 saturated heterocycles. The van der Waals surface area contributed by atoms with E-state index >= 15 is 0 Å². The molecular weight excluding hydrogens is 334 g/mol. The highest BCUT2D eigenvalue weighted by molar-refractivity contribution is 5.93. The summed E-state index contributed by atoms with van der Waals surface area (Å²) < 4.78 is 16.5. The van der Waals surface area contributed by atoms with E-state index in [1.165, 1.54) is 0 Å². The van der Waals surface area contributed by atoms with Crippen LogP contribution in [0.1, 0.15) is 50.6 Å². The molecule has 140 valence electrons. The van der Waals surface area contributed by atoms with Gasteiger partial charge in [0, 0.05) is 31.2 Å². The molecule has 0 N–H and O–H groups in total. The molecule has 0 aromatic heterocycles. The lowest BCUT2D eigenvalue weighted by atomic mass is 9.95. The predicted octanol–water partition coefficient (Wildman–Crippen LogP) is 3.33. The van der Waals surface area contributed by atoms with Gasteiger partial charge >= 0.3 is 17.8 Å². The molecule has 1 aromatic carbocycles. The second-order valence-corrected chi connectivity index (χ2v) is 6.62. The van der Waals surface area contributed by atoms with Crippen molar-refractivity contribution in [1.29, 1.82) is 0 Å². The van der Waals surface area contributed by atoms with Gasteiger partial charge in [0.1, 0.15) is 5.75 Å². The quantitative estimate of drug-likeness (QED) is 0.752. The average Bonchev–Trinajstić information content (AvgIpc) is 2.79. The van der Waals surface area contributed by atoms with Crippen LogP contribution in [0.4, 0.5) is 0 Å². The monoisotopic (exact) mass is 359 g/mol. The molecule has 1 atom stereocenters. The maximum atomic E-state index is 12.1. The number of methoxy groups -OCH3 is 1. The Kier molecular flexibility index (Phi) is 5.61. The molecule has 1 aromatic rings. The van der Waals surface area contributed by atoms with Crippen molar-refractivity contribution in [2.24, 2.45) is 0 Å². The summed E-state index contributed by atoms with van der Waals surface area (Å²) in [6, 6.07) is 7.84. The van der Waals surface area contributed by atoms with Crippen molar-refractivity contribution in [2.45, 2.75) is 51.0 Å². The van der Waals surface area contributed by atoms with Gasteiger partial charge in [-0.3, -0.25) is 0 Å². The number of carbonyl (C=O) groups excluding carboxylic acids is 2. The number of nitrogens with zero attached hydrogens (tertiary/aromatic N) is 1. The zero-order chi connectivity index (χ0) is 18.6. The van der Waals surface area contributed by atoms with Gasteiger partial charge in [-0.15, -0.1) is 0 Å². The number of esters is 2. The second kappa shape index (κ2) is 7.91. The summed E-state index contributed by atoms with van der Waals surface area (Å²) in [4.78, 5) is 26.2. The third kappa shape index (κ3) is 3.75. The Hall–Kier alpha value is -2.34. The Morgan fingerprint density at radius 1 is 1.12 bits per heavy atom. The lowest BCUT2D eigenvalue weighted by molar-refractivity contribution is -0.303. The van der Waals surface area contributed by atoms with Crippen molar-refractivity contribution >= 4 is 11.9 Å². The third-order valence-corrected chi connectivity index (χ3v) is 4.89. The molecule has 26 heavy (non-hydrogen) atoms. The minimum Gasteiger partial charge on any atom is -0.497 e. The lowest BCUT2D eigenvalue weighted by Gasteiger charge is -2.47. The van der Waals surface area contributed by atoms with Gasteiger partial charge in [0.05, 0.1) is 7.11 Å².